The maximum absolute atomic E-state index is 14.7. The summed E-state index contributed by atoms with van der Waals surface area (Å²) in [5, 5.41) is 10.2. The summed E-state index contributed by atoms with van der Waals surface area (Å²) in [6, 6.07) is 2.46. The second-order valence-corrected chi connectivity index (χ2v) is 6.56. The van der Waals surface area contributed by atoms with Gasteiger partial charge in [-0.25, -0.2) is 23.5 Å². The van der Waals surface area contributed by atoms with Crippen LogP contribution in [0.25, 0.3) is 22.2 Å². The molecule has 0 aliphatic carbocycles. The molecule has 2 heterocycles. The molecule has 0 aliphatic heterocycles. The van der Waals surface area contributed by atoms with E-state index in [4.69, 9.17) is 5.11 Å². The number of fused-ring (bicyclic) bond motifs is 1. The molecule has 0 spiro atoms. The molecule has 1 amide bonds. The Morgan fingerprint density at radius 2 is 1.81 bits per heavy atom. The number of hydrogen-bond acceptors (Lipinski definition) is 4. The van der Waals surface area contributed by atoms with E-state index in [1.54, 1.807) is 0 Å². The minimum Gasteiger partial charge on any atom is -0.465 e. The highest BCUT2D eigenvalue weighted by atomic mass is 19.4. The van der Waals surface area contributed by atoms with Gasteiger partial charge in [-0.05, 0) is 30.4 Å². The van der Waals surface area contributed by atoms with E-state index in [0.29, 0.717) is 25.2 Å². The summed E-state index contributed by atoms with van der Waals surface area (Å²) in [7, 11) is 0. The van der Waals surface area contributed by atoms with Crippen molar-refractivity contribution < 1.29 is 31.9 Å². The van der Waals surface area contributed by atoms with Crippen LogP contribution in [0.3, 0.4) is 0 Å². The van der Waals surface area contributed by atoms with Gasteiger partial charge >= 0.3 is 12.3 Å². The normalized spacial score (nSPS) is 11.6. The Hall–Kier alpha value is -3.57. The zero-order chi connectivity index (χ0) is 22.8. The van der Waals surface area contributed by atoms with Crippen LogP contribution < -0.4 is 10.9 Å². The van der Waals surface area contributed by atoms with E-state index >= 15 is 0 Å². The lowest BCUT2D eigenvalue weighted by molar-refractivity contribution is -0.138. The van der Waals surface area contributed by atoms with Crippen LogP contribution in [0.2, 0.25) is 0 Å². The summed E-state index contributed by atoms with van der Waals surface area (Å²) in [6.07, 6.45) is -2.73. The van der Waals surface area contributed by atoms with Crippen molar-refractivity contribution in [3.8, 4) is 11.4 Å². The van der Waals surface area contributed by atoms with Crippen LogP contribution in [-0.4, -0.2) is 32.3 Å². The first kappa shape index (κ1) is 22.1. The second-order valence-electron chi connectivity index (χ2n) is 6.56. The van der Waals surface area contributed by atoms with Crippen LogP contribution in [0.1, 0.15) is 18.4 Å². The standard InChI is InChI=1S/C19H15F5N4O3/c20-14-12(16-26-8-11(9-27-16)19(22,23)24)7-10-3-6-28(17(29)13(10)15(14)21)5-2-1-4-25-18(30)31/h3,6-9,25H,1-2,4-5H2,(H,30,31). The lowest BCUT2D eigenvalue weighted by Gasteiger charge is -2.11. The summed E-state index contributed by atoms with van der Waals surface area (Å²) in [5.74, 6) is -3.36. The molecule has 3 aromatic rings. The van der Waals surface area contributed by atoms with Crippen LogP contribution in [-0.2, 0) is 12.7 Å². The van der Waals surface area contributed by atoms with Gasteiger partial charge < -0.3 is 15.0 Å². The number of carboxylic acid groups (broad SMARTS) is 1. The largest absolute Gasteiger partial charge is 0.465 e. The van der Waals surface area contributed by atoms with Crippen molar-refractivity contribution in [1.29, 1.82) is 0 Å². The van der Waals surface area contributed by atoms with Gasteiger partial charge in [0.25, 0.3) is 5.56 Å². The molecule has 0 saturated carbocycles. The molecule has 2 aromatic heterocycles. The minimum atomic E-state index is -4.68. The van der Waals surface area contributed by atoms with Crippen molar-refractivity contribution in [3.05, 3.63) is 58.3 Å². The number of halogens is 5. The lowest BCUT2D eigenvalue weighted by atomic mass is 10.1. The predicted molar refractivity (Wildman–Crippen MR) is 99.4 cm³/mol. The van der Waals surface area contributed by atoms with E-state index in [9.17, 15) is 31.5 Å². The molecule has 164 valence electrons. The summed E-state index contributed by atoms with van der Waals surface area (Å²) in [6.45, 7) is 0.331. The number of pyridine rings is 1. The second kappa shape index (κ2) is 8.66. The Bertz CT molecular complexity index is 1180. The molecule has 0 fully saturated rings. The Morgan fingerprint density at radius 3 is 2.42 bits per heavy atom. The minimum absolute atomic E-state index is 0.0335. The van der Waals surface area contributed by atoms with E-state index in [0.717, 1.165) is 6.07 Å². The molecule has 2 N–H and O–H groups in total. The lowest BCUT2D eigenvalue weighted by Crippen LogP contribution is -2.24. The molecule has 3 rings (SSSR count). The van der Waals surface area contributed by atoms with Gasteiger partial charge in [0.2, 0.25) is 0 Å². The molecule has 12 heteroatoms. The molecule has 1 aromatic carbocycles. The smallest absolute Gasteiger partial charge is 0.419 e. The zero-order valence-electron chi connectivity index (χ0n) is 15.7. The highest BCUT2D eigenvalue weighted by molar-refractivity contribution is 5.86. The van der Waals surface area contributed by atoms with Gasteiger partial charge in [-0.2, -0.15) is 13.2 Å². The van der Waals surface area contributed by atoms with Crippen molar-refractivity contribution in [2.75, 3.05) is 6.54 Å². The number of amides is 1. The Labute approximate surface area is 171 Å². The highest BCUT2D eigenvalue weighted by Crippen LogP contribution is 2.30. The summed E-state index contributed by atoms with van der Waals surface area (Å²) in [5.41, 5.74) is -2.41. The third-order valence-corrected chi connectivity index (χ3v) is 4.47. The number of aromatic nitrogens is 3. The predicted octanol–water partition coefficient (Wildman–Crippen LogP) is 3.80. The quantitative estimate of drug-likeness (QED) is 0.447. The maximum Gasteiger partial charge on any atom is 0.419 e. The number of aryl methyl sites for hydroxylation is 1. The van der Waals surface area contributed by atoms with Gasteiger partial charge in [0.1, 0.15) is 0 Å². The van der Waals surface area contributed by atoms with E-state index in [-0.39, 0.29) is 18.5 Å². The van der Waals surface area contributed by atoms with Crippen LogP contribution in [0.5, 0.6) is 0 Å². The topological polar surface area (TPSA) is 97.1 Å². The van der Waals surface area contributed by atoms with Crippen molar-refractivity contribution in [3.63, 3.8) is 0 Å². The number of alkyl halides is 3. The summed E-state index contributed by atoms with van der Waals surface area (Å²) in [4.78, 5) is 29.9. The molecule has 0 saturated heterocycles. The molecule has 7 nitrogen and oxygen atoms in total. The highest BCUT2D eigenvalue weighted by Gasteiger charge is 2.31. The first-order chi connectivity index (χ1) is 14.6. The van der Waals surface area contributed by atoms with Crippen LogP contribution in [0.4, 0.5) is 26.7 Å². The number of carbonyl (C=O) groups is 1. The molecule has 0 aliphatic rings. The maximum atomic E-state index is 14.7. The Kier molecular flexibility index (Phi) is 6.18. The molecule has 31 heavy (non-hydrogen) atoms. The van der Waals surface area contributed by atoms with E-state index < -0.39 is 51.8 Å². The molecule has 0 radical (unpaired) electrons. The number of hydrogen-bond donors (Lipinski definition) is 2. The number of nitrogens with one attached hydrogen (secondary N) is 1. The van der Waals surface area contributed by atoms with E-state index in [2.05, 4.69) is 15.3 Å². The zero-order valence-corrected chi connectivity index (χ0v) is 15.7. The third-order valence-electron chi connectivity index (χ3n) is 4.47. The van der Waals surface area contributed by atoms with Gasteiger partial charge in [-0.1, -0.05) is 0 Å². The van der Waals surface area contributed by atoms with Crippen LogP contribution >= 0.6 is 0 Å². The van der Waals surface area contributed by atoms with Gasteiger partial charge in [0.05, 0.1) is 16.5 Å². The van der Waals surface area contributed by atoms with Gasteiger partial charge in [-0.15, -0.1) is 0 Å². The van der Waals surface area contributed by atoms with Crippen molar-refractivity contribution in [2.24, 2.45) is 0 Å². The number of nitrogens with zero attached hydrogens (tertiary/aromatic N) is 3. The van der Waals surface area contributed by atoms with Crippen LogP contribution in [0, 0.1) is 11.6 Å². The molecule has 0 bridgehead atoms. The third kappa shape index (κ3) is 4.78. The fraction of sp³-hybridized carbons (Fsp3) is 0.263. The number of rotatable bonds is 6. The average Bonchev–Trinajstić information content (AvgIpc) is 2.71. The van der Waals surface area contributed by atoms with Gasteiger partial charge in [0, 0.05) is 31.7 Å². The van der Waals surface area contributed by atoms with E-state index in [1.807, 2.05) is 0 Å². The monoisotopic (exact) mass is 442 g/mol. The van der Waals surface area contributed by atoms with Crippen molar-refractivity contribution >= 4 is 16.9 Å². The van der Waals surface area contributed by atoms with Crippen molar-refractivity contribution in [2.45, 2.75) is 25.6 Å². The van der Waals surface area contributed by atoms with Crippen molar-refractivity contribution in [1.82, 2.24) is 19.9 Å². The fourth-order valence-electron chi connectivity index (χ4n) is 2.93. The van der Waals surface area contributed by atoms with Gasteiger partial charge in [-0.3, -0.25) is 4.79 Å². The first-order valence-electron chi connectivity index (χ1n) is 8.97. The fourth-order valence-corrected chi connectivity index (χ4v) is 2.93. The first-order valence-corrected chi connectivity index (χ1v) is 8.97. The Morgan fingerprint density at radius 1 is 1.13 bits per heavy atom. The summed E-state index contributed by atoms with van der Waals surface area (Å²) >= 11 is 0. The average molecular weight is 442 g/mol. The number of unbranched alkanes of at least 4 members (excludes halogenated alkanes) is 1. The summed E-state index contributed by atoms with van der Waals surface area (Å²) < 4.78 is 68.4. The van der Waals surface area contributed by atoms with Crippen LogP contribution in [0.15, 0.2) is 35.5 Å². The molecular formula is C19H15F5N4O3. The van der Waals surface area contributed by atoms with Gasteiger partial charge in [0.15, 0.2) is 17.5 Å². The molecule has 0 unspecified atom stereocenters. The van der Waals surface area contributed by atoms with E-state index in [1.165, 1.54) is 16.8 Å². The SMILES string of the molecule is O=C(O)NCCCCn1ccc2cc(-c3ncc(C(F)(F)F)cn3)c(F)c(F)c2c1=O. The molecular weight excluding hydrogens is 427 g/mol. The molecule has 0 atom stereocenters. The number of benzene rings is 1. The Balaban J connectivity index is 1.92.